The Morgan fingerprint density at radius 1 is 1.47 bits per heavy atom. The van der Waals surface area contributed by atoms with Gasteiger partial charge in [-0.25, -0.2) is 0 Å². The number of nitrogens with zero attached hydrogens (tertiary/aromatic N) is 1. The lowest BCUT2D eigenvalue weighted by Gasteiger charge is -2.21. The molecule has 3 N–H and O–H groups in total. The Kier molecular flexibility index (Phi) is 2.91. The van der Waals surface area contributed by atoms with Crippen molar-refractivity contribution in [2.45, 2.75) is 13.0 Å². The van der Waals surface area contributed by atoms with Crippen molar-refractivity contribution in [3.63, 3.8) is 0 Å². The molecule has 0 aliphatic carbocycles. The molecule has 3 rings (SSSR count). The van der Waals surface area contributed by atoms with Gasteiger partial charge < -0.3 is 16.0 Å². The lowest BCUT2D eigenvalue weighted by Crippen LogP contribution is -2.17. The number of hydrogen-bond donors (Lipinski definition) is 2. The second-order valence-electron chi connectivity index (χ2n) is 4.78. The minimum Gasteiger partial charge on any atom is -0.397 e. The topological polar surface area (TPSA) is 58.4 Å². The molecule has 0 bridgehead atoms. The molecule has 1 aromatic carbocycles. The minimum absolute atomic E-state index is 0.0343. The molecule has 2 aromatic rings. The predicted molar refractivity (Wildman–Crippen MR) is 79.6 cm³/mol. The fraction of sp³-hybridized carbons (Fsp3) is 0.214. The highest BCUT2D eigenvalue weighted by molar-refractivity contribution is 7.07. The monoisotopic (exact) mass is 273 g/mol. The van der Waals surface area contributed by atoms with E-state index in [0.29, 0.717) is 12.1 Å². The van der Waals surface area contributed by atoms with E-state index >= 15 is 0 Å². The van der Waals surface area contributed by atoms with Crippen molar-refractivity contribution in [3.05, 3.63) is 40.1 Å². The van der Waals surface area contributed by atoms with E-state index in [1.54, 1.807) is 11.3 Å². The average molecular weight is 273 g/mol. The summed E-state index contributed by atoms with van der Waals surface area (Å²) in [7, 11) is 2.01. The van der Waals surface area contributed by atoms with Gasteiger partial charge in [-0.05, 0) is 40.1 Å². The molecule has 0 unspecified atom stereocenters. The Morgan fingerprint density at radius 3 is 3.05 bits per heavy atom. The Labute approximate surface area is 115 Å². The van der Waals surface area contributed by atoms with E-state index in [-0.39, 0.29) is 5.91 Å². The number of carbonyl (C=O) groups is 1. The molecule has 1 aliphatic rings. The molecule has 0 saturated carbocycles. The number of nitrogens with one attached hydrogen (secondary N) is 1. The Hall–Kier alpha value is -2.01. The van der Waals surface area contributed by atoms with Gasteiger partial charge >= 0.3 is 0 Å². The SMILES string of the molecule is CN(Cc1ccsc1)c1cc2c(cc1N)CC(=O)N2. The van der Waals surface area contributed by atoms with Gasteiger partial charge in [-0.1, -0.05) is 0 Å². The molecule has 0 radical (unpaired) electrons. The molecule has 0 saturated heterocycles. The third-order valence-electron chi connectivity index (χ3n) is 3.29. The summed E-state index contributed by atoms with van der Waals surface area (Å²) in [4.78, 5) is 13.5. The summed E-state index contributed by atoms with van der Waals surface area (Å²) in [5.41, 5.74) is 10.9. The van der Waals surface area contributed by atoms with E-state index in [9.17, 15) is 4.79 Å². The van der Waals surface area contributed by atoms with Gasteiger partial charge in [-0.3, -0.25) is 4.79 Å². The van der Waals surface area contributed by atoms with Gasteiger partial charge in [-0.15, -0.1) is 0 Å². The van der Waals surface area contributed by atoms with Crippen molar-refractivity contribution >= 4 is 34.3 Å². The number of thiophene rings is 1. The first-order valence-corrected chi connectivity index (χ1v) is 7.02. The van der Waals surface area contributed by atoms with Crippen molar-refractivity contribution < 1.29 is 4.79 Å². The highest BCUT2D eigenvalue weighted by Crippen LogP contribution is 2.33. The first kappa shape index (κ1) is 12.0. The van der Waals surface area contributed by atoms with E-state index < -0.39 is 0 Å². The molecule has 0 atom stereocenters. The maximum Gasteiger partial charge on any atom is 0.228 e. The number of hydrogen-bond acceptors (Lipinski definition) is 4. The molecule has 1 aliphatic heterocycles. The first-order chi connectivity index (χ1) is 9.13. The quantitative estimate of drug-likeness (QED) is 0.845. The lowest BCUT2D eigenvalue weighted by atomic mass is 10.1. The maximum absolute atomic E-state index is 11.4. The van der Waals surface area contributed by atoms with Gasteiger partial charge in [0.15, 0.2) is 0 Å². The van der Waals surface area contributed by atoms with Crippen LogP contribution >= 0.6 is 11.3 Å². The summed E-state index contributed by atoms with van der Waals surface area (Å²) in [5.74, 6) is 0.0343. The van der Waals surface area contributed by atoms with Crippen LogP contribution in [0.5, 0.6) is 0 Å². The van der Waals surface area contributed by atoms with Crippen LogP contribution in [0.2, 0.25) is 0 Å². The van der Waals surface area contributed by atoms with Crippen LogP contribution in [0, 0.1) is 0 Å². The third kappa shape index (κ3) is 2.29. The molecule has 98 valence electrons. The molecule has 0 fully saturated rings. The fourth-order valence-electron chi connectivity index (χ4n) is 2.35. The predicted octanol–water partition coefficient (Wildman–Crippen LogP) is 2.46. The summed E-state index contributed by atoms with van der Waals surface area (Å²) in [6, 6.07) is 5.96. The number of fused-ring (bicyclic) bond motifs is 1. The van der Waals surface area contributed by atoms with Gasteiger partial charge in [0.1, 0.15) is 0 Å². The molecule has 1 amide bonds. The zero-order valence-corrected chi connectivity index (χ0v) is 11.5. The van der Waals surface area contributed by atoms with Crippen LogP contribution in [0.3, 0.4) is 0 Å². The fourth-order valence-corrected chi connectivity index (χ4v) is 3.01. The maximum atomic E-state index is 11.4. The summed E-state index contributed by atoms with van der Waals surface area (Å²) in [6.07, 6.45) is 0.425. The molecule has 1 aromatic heterocycles. The first-order valence-electron chi connectivity index (χ1n) is 6.08. The average Bonchev–Trinajstić information content (AvgIpc) is 2.96. The molecule has 19 heavy (non-hydrogen) atoms. The van der Waals surface area contributed by atoms with Crippen LogP contribution in [0.4, 0.5) is 17.1 Å². The van der Waals surface area contributed by atoms with Crippen LogP contribution in [0.25, 0.3) is 0 Å². The van der Waals surface area contributed by atoms with E-state index in [0.717, 1.165) is 23.5 Å². The summed E-state index contributed by atoms with van der Waals surface area (Å²) < 4.78 is 0. The minimum atomic E-state index is 0.0343. The van der Waals surface area contributed by atoms with Gasteiger partial charge in [0.05, 0.1) is 17.8 Å². The summed E-state index contributed by atoms with van der Waals surface area (Å²) >= 11 is 1.69. The van der Waals surface area contributed by atoms with Crippen molar-refractivity contribution in [1.82, 2.24) is 0 Å². The number of carbonyl (C=O) groups excluding carboxylic acids is 1. The van der Waals surface area contributed by atoms with Gasteiger partial charge in [0, 0.05) is 19.3 Å². The van der Waals surface area contributed by atoms with E-state index in [1.165, 1.54) is 5.56 Å². The molecular formula is C14H15N3OS. The zero-order valence-electron chi connectivity index (χ0n) is 10.6. The largest absolute Gasteiger partial charge is 0.397 e. The van der Waals surface area contributed by atoms with Crippen molar-refractivity contribution in [3.8, 4) is 0 Å². The number of anilines is 3. The number of benzene rings is 1. The number of nitrogen functional groups attached to an aromatic ring is 1. The van der Waals surface area contributed by atoms with Gasteiger partial charge in [0.25, 0.3) is 0 Å². The molecule has 2 heterocycles. The van der Waals surface area contributed by atoms with E-state index in [1.807, 2.05) is 19.2 Å². The van der Waals surface area contributed by atoms with Crippen LogP contribution in [0.1, 0.15) is 11.1 Å². The molecule has 0 spiro atoms. The van der Waals surface area contributed by atoms with Crippen molar-refractivity contribution in [2.75, 3.05) is 23.0 Å². The van der Waals surface area contributed by atoms with E-state index in [2.05, 4.69) is 27.0 Å². The van der Waals surface area contributed by atoms with Gasteiger partial charge in [-0.2, -0.15) is 11.3 Å². The molecule has 4 nitrogen and oxygen atoms in total. The second-order valence-corrected chi connectivity index (χ2v) is 5.56. The van der Waals surface area contributed by atoms with Crippen LogP contribution < -0.4 is 16.0 Å². The second kappa shape index (κ2) is 4.59. The van der Waals surface area contributed by atoms with Crippen molar-refractivity contribution in [1.29, 1.82) is 0 Å². The molecule has 5 heteroatoms. The van der Waals surface area contributed by atoms with Crippen LogP contribution in [0.15, 0.2) is 29.0 Å². The normalized spacial score (nSPS) is 13.2. The number of nitrogens with two attached hydrogens (primary N) is 1. The Morgan fingerprint density at radius 2 is 2.32 bits per heavy atom. The summed E-state index contributed by atoms with van der Waals surface area (Å²) in [6.45, 7) is 0.806. The Bertz CT molecular complexity index is 622. The highest BCUT2D eigenvalue weighted by atomic mass is 32.1. The molecular weight excluding hydrogens is 258 g/mol. The Balaban J connectivity index is 1.88. The van der Waals surface area contributed by atoms with E-state index in [4.69, 9.17) is 5.73 Å². The summed E-state index contributed by atoms with van der Waals surface area (Å²) in [5, 5.41) is 7.05. The number of rotatable bonds is 3. The highest BCUT2D eigenvalue weighted by Gasteiger charge is 2.20. The number of amides is 1. The standard InChI is InChI=1S/C14H15N3OS/c1-17(7-9-2-3-19-8-9)13-6-12-10(4-11(13)15)5-14(18)16-12/h2-4,6,8H,5,7,15H2,1H3,(H,16,18). The smallest absolute Gasteiger partial charge is 0.228 e. The van der Waals surface area contributed by atoms with Gasteiger partial charge in [0.2, 0.25) is 5.91 Å². The van der Waals surface area contributed by atoms with Crippen LogP contribution in [-0.4, -0.2) is 13.0 Å². The van der Waals surface area contributed by atoms with Crippen molar-refractivity contribution in [2.24, 2.45) is 0 Å². The van der Waals surface area contributed by atoms with Crippen LogP contribution in [-0.2, 0) is 17.8 Å². The third-order valence-corrected chi connectivity index (χ3v) is 4.02. The zero-order chi connectivity index (χ0) is 13.4. The lowest BCUT2D eigenvalue weighted by molar-refractivity contribution is -0.115.